The van der Waals surface area contributed by atoms with Crippen molar-refractivity contribution in [3.05, 3.63) is 35.6 Å². The first kappa shape index (κ1) is 14.5. The molecule has 0 aliphatic carbocycles. The highest BCUT2D eigenvalue weighted by Crippen LogP contribution is 2.18. The van der Waals surface area contributed by atoms with Crippen molar-refractivity contribution >= 4 is 0 Å². The number of hydrogen-bond donors (Lipinski definition) is 1. The van der Waals surface area contributed by atoms with Crippen LogP contribution in [0, 0.1) is 11.7 Å². The van der Waals surface area contributed by atoms with E-state index in [2.05, 4.69) is 17.3 Å². The number of hydrogen-bond acceptors (Lipinski definition) is 2. The Labute approximate surface area is 116 Å². The molecule has 0 amide bonds. The number of halogens is 1. The molecule has 1 aromatic rings. The minimum Gasteiger partial charge on any atom is -0.317 e. The lowest BCUT2D eigenvalue weighted by Gasteiger charge is -2.23. The molecule has 19 heavy (non-hydrogen) atoms. The van der Waals surface area contributed by atoms with E-state index in [1.807, 2.05) is 12.1 Å². The van der Waals surface area contributed by atoms with Gasteiger partial charge in [0, 0.05) is 6.54 Å². The summed E-state index contributed by atoms with van der Waals surface area (Å²) in [5.41, 5.74) is 1.19. The van der Waals surface area contributed by atoms with Crippen molar-refractivity contribution in [1.82, 2.24) is 10.2 Å². The summed E-state index contributed by atoms with van der Waals surface area (Å²) in [5, 5.41) is 3.41. The zero-order valence-corrected chi connectivity index (χ0v) is 11.9. The van der Waals surface area contributed by atoms with E-state index < -0.39 is 0 Å². The third-order valence-corrected chi connectivity index (χ3v) is 3.98. The second-order valence-corrected chi connectivity index (χ2v) is 5.70. The van der Waals surface area contributed by atoms with Gasteiger partial charge in [0.15, 0.2) is 0 Å². The Bertz CT molecular complexity index is 358. The fourth-order valence-electron chi connectivity index (χ4n) is 2.80. The molecule has 2 rings (SSSR count). The van der Waals surface area contributed by atoms with Crippen molar-refractivity contribution < 1.29 is 4.39 Å². The van der Waals surface area contributed by atoms with Crippen LogP contribution in [0.15, 0.2) is 24.3 Å². The number of piperidine rings is 1. The summed E-state index contributed by atoms with van der Waals surface area (Å²) in [6.07, 6.45) is 5.28. The Morgan fingerprint density at radius 2 is 1.89 bits per heavy atom. The number of nitrogens with zero attached hydrogens (tertiary/aromatic N) is 1. The van der Waals surface area contributed by atoms with Crippen molar-refractivity contribution in [2.24, 2.45) is 5.92 Å². The predicted molar refractivity (Wildman–Crippen MR) is 77.6 cm³/mol. The van der Waals surface area contributed by atoms with Crippen LogP contribution in [0.3, 0.4) is 0 Å². The third-order valence-electron chi connectivity index (χ3n) is 3.98. The molecule has 1 N–H and O–H groups in total. The first-order valence-electron chi connectivity index (χ1n) is 7.38. The molecule has 1 heterocycles. The first-order chi connectivity index (χ1) is 9.24. The molecule has 0 unspecified atom stereocenters. The molecular weight excluding hydrogens is 239 g/mol. The molecule has 1 aliphatic heterocycles. The van der Waals surface area contributed by atoms with Gasteiger partial charge in [0.2, 0.25) is 0 Å². The van der Waals surface area contributed by atoms with Gasteiger partial charge in [-0.2, -0.15) is 0 Å². The molecule has 1 aromatic carbocycles. The van der Waals surface area contributed by atoms with Crippen LogP contribution >= 0.6 is 0 Å². The monoisotopic (exact) mass is 264 g/mol. The molecule has 3 heteroatoms. The summed E-state index contributed by atoms with van der Waals surface area (Å²) in [7, 11) is 2.14. The van der Waals surface area contributed by atoms with Gasteiger partial charge in [-0.3, -0.25) is 0 Å². The molecule has 0 saturated carbocycles. The van der Waals surface area contributed by atoms with Crippen LogP contribution in [0.25, 0.3) is 0 Å². The normalized spacial score (nSPS) is 17.0. The van der Waals surface area contributed by atoms with E-state index >= 15 is 0 Å². The Morgan fingerprint density at radius 3 is 2.58 bits per heavy atom. The fraction of sp³-hybridized carbons (Fsp3) is 0.625. The van der Waals surface area contributed by atoms with E-state index in [1.165, 1.54) is 56.5 Å². The molecule has 2 nitrogen and oxygen atoms in total. The quantitative estimate of drug-likeness (QED) is 0.849. The third kappa shape index (κ3) is 5.29. The Kier molecular flexibility index (Phi) is 5.80. The average Bonchev–Trinajstić information content (AvgIpc) is 2.43. The SMILES string of the molecule is CN(CCCC1CCNCC1)Cc1ccc(F)cc1. The first-order valence-corrected chi connectivity index (χ1v) is 7.38. The van der Waals surface area contributed by atoms with Crippen LogP contribution in [0.4, 0.5) is 4.39 Å². The second kappa shape index (κ2) is 7.61. The van der Waals surface area contributed by atoms with Gasteiger partial charge in [0.25, 0.3) is 0 Å². The number of benzene rings is 1. The molecule has 106 valence electrons. The summed E-state index contributed by atoms with van der Waals surface area (Å²) >= 11 is 0. The molecule has 1 aliphatic rings. The van der Waals surface area contributed by atoms with E-state index in [1.54, 1.807) is 0 Å². The Balaban J connectivity index is 1.63. The highest BCUT2D eigenvalue weighted by Gasteiger charge is 2.12. The minimum atomic E-state index is -0.155. The fourth-order valence-corrected chi connectivity index (χ4v) is 2.80. The van der Waals surface area contributed by atoms with Gasteiger partial charge in [0.1, 0.15) is 5.82 Å². The van der Waals surface area contributed by atoms with Crippen LogP contribution < -0.4 is 5.32 Å². The van der Waals surface area contributed by atoms with Crippen molar-refractivity contribution in [3.63, 3.8) is 0 Å². The summed E-state index contributed by atoms with van der Waals surface area (Å²) in [6.45, 7) is 4.42. The van der Waals surface area contributed by atoms with Crippen molar-refractivity contribution in [3.8, 4) is 0 Å². The lowest BCUT2D eigenvalue weighted by molar-refractivity contribution is 0.286. The van der Waals surface area contributed by atoms with Crippen molar-refractivity contribution in [2.75, 3.05) is 26.7 Å². The minimum absolute atomic E-state index is 0.155. The van der Waals surface area contributed by atoms with Gasteiger partial charge in [-0.25, -0.2) is 4.39 Å². The molecule has 1 fully saturated rings. The van der Waals surface area contributed by atoms with Gasteiger partial charge >= 0.3 is 0 Å². The van der Waals surface area contributed by atoms with Gasteiger partial charge in [0.05, 0.1) is 0 Å². The van der Waals surface area contributed by atoms with Crippen LogP contribution in [-0.4, -0.2) is 31.6 Å². The zero-order chi connectivity index (χ0) is 13.5. The number of rotatable bonds is 6. The molecule has 0 bridgehead atoms. The summed E-state index contributed by atoms with van der Waals surface area (Å²) in [6, 6.07) is 6.83. The molecule has 0 spiro atoms. The maximum Gasteiger partial charge on any atom is 0.123 e. The van der Waals surface area contributed by atoms with Gasteiger partial charge in [-0.1, -0.05) is 12.1 Å². The van der Waals surface area contributed by atoms with Crippen LogP contribution in [0.2, 0.25) is 0 Å². The molecular formula is C16H25FN2. The standard InChI is InChI=1S/C16H25FN2/c1-19(13-15-4-6-16(17)7-5-15)12-2-3-14-8-10-18-11-9-14/h4-7,14,18H,2-3,8-13H2,1H3. The molecule has 0 aromatic heterocycles. The van der Waals surface area contributed by atoms with E-state index in [4.69, 9.17) is 0 Å². The largest absolute Gasteiger partial charge is 0.317 e. The van der Waals surface area contributed by atoms with Crippen LogP contribution in [0.5, 0.6) is 0 Å². The van der Waals surface area contributed by atoms with Crippen molar-refractivity contribution in [2.45, 2.75) is 32.2 Å². The van der Waals surface area contributed by atoms with E-state index in [-0.39, 0.29) is 5.82 Å². The van der Waals surface area contributed by atoms with Crippen LogP contribution in [0.1, 0.15) is 31.2 Å². The predicted octanol–water partition coefficient (Wildman–Crippen LogP) is 3.04. The smallest absolute Gasteiger partial charge is 0.123 e. The highest BCUT2D eigenvalue weighted by atomic mass is 19.1. The lowest BCUT2D eigenvalue weighted by Crippen LogP contribution is -2.28. The summed E-state index contributed by atoms with van der Waals surface area (Å²) in [4.78, 5) is 2.33. The lowest BCUT2D eigenvalue weighted by atomic mass is 9.93. The molecule has 0 radical (unpaired) electrons. The maximum atomic E-state index is 12.8. The summed E-state index contributed by atoms with van der Waals surface area (Å²) in [5.74, 6) is 0.762. The van der Waals surface area contributed by atoms with Crippen LogP contribution in [-0.2, 0) is 6.54 Å². The van der Waals surface area contributed by atoms with E-state index in [9.17, 15) is 4.39 Å². The maximum absolute atomic E-state index is 12.8. The zero-order valence-electron chi connectivity index (χ0n) is 11.9. The Morgan fingerprint density at radius 1 is 1.21 bits per heavy atom. The van der Waals surface area contributed by atoms with Gasteiger partial charge in [-0.15, -0.1) is 0 Å². The van der Waals surface area contributed by atoms with Gasteiger partial charge < -0.3 is 10.2 Å². The summed E-state index contributed by atoms with van der Waals surface area (Å²) < 4.78 is 12.8. The number of nitrogens with one attached hydrogen (secondary N) is 1. The topological polar surface area (TPSA) is 15.3 Å². The van der Waals surface area contributed by atoms with E-state index in [0.717, 1.165) is 19.0 Å². The Hall–Kier alpha value is -0.930. The van der Waals surface area contributed by atoms with E-state index in [0.29, 0.717) is 0 Å². The average molecular weight is 264 g/mol. The molecule has 0 atom stereocenters. The second-order valence-electron chi connectivity index (χ2n) is 5.70. The molecule has 1 saturated heterocycles. The van der Waals surface area contributed by atoms with Crippen molar-refractivity contribution in [1.29, 1.82) is 0 Å². The highest BCUT2D eigenvalue weighted by molar-refractivity contribution is 5.15. The van der Waals surface area contributed by atoms with Gasteiger partial charge in [-0.05, 0) is 76.0 Å².